The van der Waals surface area contributed by atoms with Gasteiger partial charge in [0.15, 0.2) is 6.61 Å². The highest BCUT2D eigenvalue weighted by Crippen LogP contribution is 2.27. The highest BCUT2D eigenvalue weighted by molar-refractivity contribution is 5.81. The maximum Gasteiger partial charge on any atom is 0.313 e. The average Bonchev–Trinajstić information content (AvgIpc) is 2.69. The fourth-order valence-corrected chi connectivity index (χ4v) is 3.05. The molecule has 0 N–H and O–H groups in total. The maximum absolute atomic E-state index is 13.3. The molecular formula is C21H22FNO4. The van der Waals surface area contributed by atoms with E-state index in [4.69, 9.17) is 9.47 Å². The first kappa shape index (κ1) is 18.9. The quantitative estimate of drug-likeness (QED) is 0.733. The van der Waals surface area contributed by atoms with Gasteiger partial charge in [0.2, 0.25) is 0 Å². The van der Waals surface area contributed by atoms with Crippen LogP contribution in [0.2, 0.25) is 0 Å². The van der Waals surface area contributed by atoms with Crippen molar-refractivity contribution in [1.29, 1.82) is 0 Å². The van der Waals surface area contributed by atoms with Crippen LogP contribution in [0.15, 0.2) is 48.5 Å². The van der Waals surface area contributed by atoms with E-state index >= 15 is 0 Å². The topological polar surface area (TPSA) is 55.8 Å². The number of hydrogen-bond donors (Lipinski definition) is 0. The lowest BCUT2D eigenvalue weighted by Crippen LogP contribution is -2.36. The number of carbonyl (C=O) groups is 2. The number of hydrogen-bond acceptors (Lipinski definition) is 4. The van der Waals surface area contributed by atoms with Crippen LogP contribution in [-0.4, -0.2) is 36.5 Å². The third kappa shape index (κ3) is 4.84. The summed E-state index contributed by atoms with van der Waals surface area (Å²) < 4.78 is 24.1. The van der Waals surface area contributed by atoms with Gasteiger partial charge in [0.25, 0.3) is 5.91 Å². The van der Waals surface area contributed by atoms with Gasteiger partial charge in [-0.15, -0.1) is 0 Å². The lowest BCUT2D eigenvalue weighted by atomic mass is 9.97. The number of carbonyl (C=O) groups excluding carboxylic acids is 2. The minimum absolute atomic E-state index is 0.241. The Labute approximate surface area is 157 Å². The molecule has 0 saturated carbocycles. The summed E-state index contributed by atoms with van der Waals surface area (Å²) in [5, 5.41) is 0. The van der Waals surface area contributed by atoms with Crippen LogP contribution in [0, 0.1) is 11.7 Å². The number of fused-ring (bicyclic) bond motifs is 1. The summed E-state index contributed by atoms with van der Waals surface area (Å²) in [7, 11) is 0. The van der Waals surface area contributed by atoms with Crippen molar-refractivity contribution in [2.24, 2.45) is 5.92 Å². The second-order valence-corrected chi connectivity index (χ2v) is 6.47. The van der Waals surface area contributed by atoms with Gasteiger partial charge in [-0.05, 0) is 42.7 Å². The van der Waals surface area contributed by atoms with Crippen LogP contribution in [0.4, 0.5) is 4.39 Å². The lowest BCUT2D eigenvalue weighted by Gasteiger charge is -2.25. The molecule has 5 nitrogen and oxygen atoms in total. The molecule has 27 heavy (non-hydrogen) atoms. The first-order valence-electron chi connectivity index (χ1n) is 8.96. The van der Waals surface area contributed by atoms with Crippen molar-refractivity contribution in [3.05, 3.63) is 65.5 Å². The van der Waals surface area contributed by atoms with Crippen molar-refractivity contribution in [1.82, 2.24) is 4.90 Å². The molecule has 0 bridgehead atoms. The number of likely N-dealkylation sites (N-methyl/N-ethyl adjacent to an activating group) is 1. The maximum atomic E-state index is 13.3. The molecule has 0 fully saturated rings. The summed E-state index contributed by atoms with van der Waals surface area (Å²) in [6, 6.07) is 13.7. The van der Waals surface area contributed by atoms with Gasteiger partial charge < -0.3 is 14.4 Å². The van der Waals surface area contributed by atoms with Gasteiger partial charge >= 0.3 is 5.97 Å². The van der Waals surface area contributed by atoms with E-state index in [9.17, 15) is 14.0 Å². The third-order valence-corrected chi connectivity index (χ3v) is 4.55. The van der Waals surface area contributed by atoms with E-state index in [1.165, 1.54) is 17.0 Å². The van der Waals surface area contributed by atoms with E-state index in [1.54, 1.807) is 12.1 Å². The minimum atomic E-state index is -0.445. The molecule has 6 heteroatoms. The van der Waals surface area contributed by atoms with E-state index in [0.717, 1.165) is 11.3 Å². The van der Waals surface area contributed by atoms with Gasteiger partial charge in [-0.25, -0.2) is 4.39 Å². The molecule has 0 radical (unpaired) electrons. The monoisotopic (exact) mass is 371 g/mol. The Hall–Kier alpha value is -2.89. The molecule has 1 heterocycles. The van der Waals surface area contributed by atoms with Gasteiger partial charge in [0.1, 0.15) is 18.2 Å². The molecule has 1 aliphatic rings. The van der Waals surface area contributed by atoms with Crippen molar-refractivity contribution in [2.75, 3.05) is 19.8 Å². The van der Waals surface area contributed by atoms with Crippen LogP contribution in [0.5, 0.6) is 5.75 Å². The van der Waals surface area contributed by atoms with E-state index in [1.807, 2.05) is 31.2 Å². The molecule has 0 spiro atoms. The Bertz CT molecular complexity index is 823. The molecule has 0 aliphatic carbocycles. The number of amides is 1. The number of rotatable bonds is 6. The fraction of sp³-hybridized carbons (Fsp3) is 0.333. The van der Waals surface area contributed by atoms with Gasteiger partial charge in [-0.1, -0.05) is 30.3 Å². The zero-order valence-corrected chi connectivity index (χ0v) is 15.2. The predicted octanol–water partition coefficient (Wildman–Crippen LogP) is 2.97. The number of halogens is 1. The molecule has 2 aromatic rings. The molecule has 1 unspecified atom stereocenters. The van der Waals surface area contributed by atoms with Crippen LogP contribution in [0.1, 0.15) is 18.1 Å². The van der Waals surface area contributed by atoms with E-state index in [0.29, 0.717) is 18.5 Å². The van der Waals surface area contributed by atoms with Crippen LogP contribution in [0.3, 0.4) is 0 Å². The molecule has 1 amide bonds. The minimum Gasteiger partial charge on any atom is -0.492 e. The normalized spacial score (nSPS) is 15.4. The summed E-state index contributed by atoms with van der Waals surface area (Å²) in [5.41, 5.74) is 1.65. The Kier molecular flexibility index (Phi) is 6.06. The van der Waals surface area contributed by atoms with E-state index in [-0.39, 0.29) is 31.5 Å². The van der Waals surface area contributed by atoms with Crippen molar-refractivity contribution < 1.29 is 23.5 Å². The summed E-state index contributed by atoms with van der Waals surface area (Å²) in [5.74, 6) is -0.747. The van der Waals surface area contributed by atoms with Crippen molar-refractivity contribution in [2.45, 2.75) is 19.9 Å². The molecule has 142 valence electrons. The molecule has 1 aliphatic heterocycles. The Morgan fingerprint density at radius 3 is 2.81 bits per heavy atom. The summed E-state index contributed by atoms with van der Waals surface area (Å²) in [6.45, 7) is 2.44. The number of benzene rings is 2. The Morgan fingerprint density at radius 2 is 2.04 bits per heavy atom. The smallest absolute Gasteiger partial charge is 0.313 e. The Morgan fingerprint density at radius 1 is 1.22 bits per heavy atom. The summed E-state index contributed by atoms with van der Waals surface area (Å²) >= 11 is 0. The van der Waals surface area contributed by atoms with Gasteiger partial charge in [0, 0.05) is 13.1 Å². The fourth-order valence-electron chi connectivity index (χ4n) is 3.05. The SMILES string of the molecule is CCN(Cc1cccc(F)c1)C(=O)COC(=O)C1COc2ccccc2C1. The molecular weight excluding hydrogens is 349 g/mol. The highest BCUT2D eigenvalue weighted by Gasteiger charge is 2.28. The van der Waals surface area contributed by atoms with E-state index < -0.39 is 11.9 Å². The number of para-hydroxylation sites is 1. The van der Waals surface area contributed by atoms with Crippen LogP contribution in [-0.2, 0) is 27.3 Å². The van der Waals surface area contributed by atoms with Crippen LogP contribution in [0.25, 0.3) is 0 Å². The predicted molar refractivity (Wildman–Crippen MR) is 97.6 cm³/mol. The number of esters is 1. The van der Waals surface area contributed by atoms with Crippen LogP contribution >= 0.6 is 0 Å². The summed E-state index contributed by atoms with van der Waals surface area (Å²) in [4.78, 5) is 26.2. The first-order valence-corrected chi connectivity index (χ1v) is 8.96. The molecule has 1 atom stereocenters. The standard InChI is InChI=1S/C21H22FNO4/c1-2-23(12-15-6-5-8-18(22)10-15)20(24)14-27-21(25)17-11-16-7-3-4-9-19(16)26-13-17/h3-10,17H,2,11-14H2,1H3. The third-order valence-electron chi connectivity index (χ3n) is 4.55. The Balaban J connectivity index is 1.52. The molecule has 2 aromatic carbocycles. The molecule has 0 saturated heterocycles. The average molecular weight is 371 g/mol. The highest BCUT2D eigenvalue weighted by atomic mass is 19.1. The van der Waals surface area contributed by atoms with Crippen molar-refractivity contribution in [3.8, 4) is 5.75 Å². The largest absolute Gasteiger partial charge is 0.492 e. The van der Waals surface area contributed by atoms with Crippen molar-refractivity contribution in [3.63, 3.8) is 0 Å². The number of nitrogens with zero attached hydrogens (tertiary/aromatic N) is 1. The second kappa shape index (κ2) is 8.66. The first-order chi connectivity index (χ1) is 13.1. The lowest BCUT2D eigenvalue weighted by molar-refractivity contribution is -0.156. The summed E-state index contributed by atoms with van der Waals surface area (Å²) in [6.07, 6.45) is 0.532. The zero-order valence-electron chi connectivity index (χ0n) is 15.2. The molecule has 0 aromatic heterocycles. The van der Waals surface area contributed by atoms with E-state index in [2.05, 4.69) is 0 Å². The molecule has 3 rings (SSSR count). The zero-order chi connectivity index (χ0) is 19.2. The van der Waals surface area contributed by atoms with Gasteiger partial charge in [-0.2, -0.15) is 0 Å². The van der Waals surface area contributed by atoms with Crippen molar-refractivity contribution >= 4 is 11.9 Å². The number of ether oxygens (including phenoxy) is 2. The second-order valence-electron chi connectivity index (χ2n) is 6.47. The van der Waals surface area contributed by atoms with Gasteiger partial charge in [0.05, 0.1) is 5.92 Å². The van der Waals surface area contributed by atoms with Crippen LogP contribution < -0.4 is 4.74 Å². The van der Waals surface area contributed by atoms with Gasteiger partial charge in [-0.3, -0.25) is 9.59 Å².